The zero-order valence-electron chi connectivity index (χ0n) is 11.2. The lowest BCUT2D eigenvalue weighted by molar-refractivity contribution is 0.406. The van der Waals surface area contributed by atoms with Crippen molar-refractivity contribution in [2.24, 2.45) is 0 Å². The van der Waals surface area contributed by atoms with Crippen molar-refractivity contribution in [3.8, 4) is 0 Å². The third kappa shape index (κ3) is 2.03. The quantitative estimate of drug-likeness (QED) is 0.638. The lowest BCUT2D eigenvalue weighted by Gasteiger charge is -2.38. The van der Waals surface area contributed by atoms with Gasteiger partial charge in [-0.3, -0.25) is 10.6 Å². The van der Waals surface area contributed by atoms with Gasteiger partial charge < -0.3 is 10.6 Å². The molecule has 0 bridgehead atoms. The predicted octanol–water partition coefficient (Wildman–Crippen LogP) is 2.07. The van der Waals surface area contributed by atoms with Gasteiger partial charge in [0.25, 0.3) is 0 Å². The number of fused-ring (bicyclic) bond motifs is 2. The minimum absolute atomic E-state index is 0.179. The zero-order valence-corrected chi connectivity index (χ0v) is 11.2. The van der Waals surface area contributed by atoms with Crippen LogP contribution in [0.5, 0.6) is 0 Å². The average Bonchev–Trinajstić information content (AvgIpc) is 2.54. The highest BCUT2D eigenvalue weighted by Crippen LogP contribution is 2.24. The Balaban J connectivity index is 1.53. The topological polar surface area (TPSA) is 48.1 Å². The third-order valence-electron chi connectivity index (χ3n) is 4.01. The summed E-state index contributed by atoms with van der Waals surface area (Å²) in [4.78, 5) is 0. The van der Waals surface area contributed by atoms with Gasteiger partial charge in [0, 0.05) is 24.5 Å². The maximum absolute atomic E-state index is 3.56. The fraction of sp³-hybridized carbons (Fsp3) is 0.250. The van der Waals surface area contributed by atoms with E-state index in [9.17, 15) is 0 Å². The Bertz CT molecular complexity index is 570. The molecule has 2 atom stereocenters. The highest BCUT2D eigenvalue weighted by molar-refractivity contribution is 5.56. The van der Waals surface area contributed by atoms with Crippen LogP contribution in [0.3, 0.4) is 0 Å². The number of rotatable bonds is 1. The number of para-hydroxylation sites is 2. The fourth-order valence-corrected chi connectivity index (χ4v) is 2.91. The van der Waals surface area contributed by atoms with Gasteiger partial charge in [-0.15, -0.1) is 0 Å². The number of nitrogens with one attached hydrogen (secondary N) is 4. The molecule has 2 aliphatic heterocycles. The van der Waals surface area contributed by atoms with Gasteiger partial charge in [-0.1, -0.05) is 36.4 Å². The minimum atomic E-state index is 0.179. The summed E-state index contributed by atoms with van der Waals surface area (Å²) in [5.41, 5.74) is 5.08. The summed E-state index contributed by atoms with van der Waals surface area (Å²) in [6.07, 6.45) is 0.358. The van der Waals surface area contributed by atoms with Crippen molar-refractivity contribution in [3.05, 3.63) is 59.7 Å². The first kappa shape index (κ1) is 11.8. The van der Waals surface area contributed by atoms with Crippen LogP contribution >= 0.6 is 0 Å². The van der Waals surface area contributed by atoms with E-state index in [0.29, 0.717) is 0 Å². The molecule has 4 nitrogen and oxygen atoms in total. The number of anilines is 2. The average molecular weight is 266 g/mol. The SMILES string of the molecule is c1ccc2c(c1)CNC(C1NCc3ccccc3N1)N2. The van der Waals surface area contributed by atoms with Crippen LogP contribution < -0.4 is 21.3 Å². The Kier molecular flexibility index (Phi) is 2.83. The minimum Gasteiger partial charge on any atom is -0.367 e. The summed E-state index contributed by atoms with van der Waals surface area (Å²) in [5.74, 6) is 0. The molecule has 2 unspecified atom stereocenters. The molecule has 0 fully saturated rings. The normalized spacial score (nSPS) is 24.0. The maximum Gasteiger partial charge on any atom is 0.112 e. The molecule has 0 radical (unpaired) electrons. The molecule has 2 aromatic carbocycles. The molecule has 2 heterocycles. The zero-order chi connectivity index (χ0) is 13.4. The summed E-state index contributed by atoms with van der Waals surface area (Å²) >= 11 is 0. The summed E-state index contributed by atoms with van der Waals surface area (Å²) in [6.45, 7) is 1.80. The van der Waals surface area contributed by atoms with Gasteiger partial charge >= 0.3 is 0 Å². The van der Waals surface area contributed by atoms with E-state index in [-0.39, 0.29) is 12.3 Å². The van der Waals surface area contributed by atoms with Crippen molar-refractivity contribution in [2.75, 3.05) is 10.6 Å². The summed E-state index contributed by atoms with van der Waals surface area (Å²) < 4.78 is 0. The van der Waals surface area contributed by atoms with Gasteiger partial charge in [-0.25, -0.2) is 0 Å². The van der Waals surface area contributed by atoms with Crippen LogP contribution in [-0.2, 0) is 13.1 Å². The highest BCUT2D eigenvalue weighted by Gasteiger charge is 2.27. The molecule has 102 valence electrons. The third-order valence-corrected chi connectivity index (χ3v) is 4.01. The molecule has 0 saturated carbocycles. The Morgan fingerprint density at radius 2 is 1.10 bits per heavy atom. The van der Waals surface area contributed by atoms with E-state index in [4.69, 9.17) is 0 Å². The number of benzene rings is 2. The second-order valence-corrected chi connectivity index (χ2v) is 5.32. The first-order valence-electron chi connectivity index (χ1n) is 7.06. The highest BCUT2D eigenvalue weighted by atomic mass is 15.3. The second-order valence-electron chi connectivity index (χ2n) is 5.32. The van der Waals surface area contributed by atoms with Crippen LogP contribution in [0.1, 0.15) is 11.1 Å². The van der Waals surface area contributed by atoms with E-state index in [0.717, 1.165) is 13.1 Å². The Hall–Kier alpha value is -2.04. The molecular weight excluding hydrogens is 248 g/mol. The molecule has 0 aliphatic carbocycles. The first-order valence-corrected chi connectivity index (χ1v) is 7.06. The molecule has 0 aromatic heterocycles. The van der Waals surface area contributed by atoms with Crippen molar-refractivity contribution in [3.63, 3.8) is 0 Å². The van der Waals surface area contributed by atoms with Crippen LogP contribution in [0.2, 0.25) is 0 Å². The van der Waals surface area contributed by atoms with Crippen molar-refractivity contribution in [2.45, 2.75) is 25.4 Å². The van der Waals surface area contributed by atoms with Crippen LogP contribution in [0.15, 0.2) is 48.5 Å². The summed E-state index contributed by atoms with van der Waals surface area (Å²) in [7, 11) is 0. The Morgan fingerprint density at radius 3 is 1.60 bits per heavy atom. The number of hydrogen-bond acceptors (Lipinski definition) is 4. The monoisotopic (exact) mass is 266 g/mol. The van der Waals surface area contributed by atoms with Gasteiger partial charge in [-0.2, -0.15) is 0 Å². The first-order chi connectivity index (χ1) is 9.90. The van der Waals surface area contributed by atoms with E-state index in [2.05, 4.69) is 69.8 Å². The van der Waals surface area contributed by atoms with Gasteiger partial charge in [-0.05, 0) is 23.3 Å². The fourth-order valence-electron chi connectivity index (χ4n) is 2.91. The van der Waals surface area contributed by atoms with Crippen LogP contribution in [0.25, 0.3) is 0 Å². The molecule has 0 spiro atoms. The largest absolute Gasteiger partial charge is 0.367 e. The summed E-state index contributed by atoms with van der Waals surface area (Å²) in [6, 6.07) is 16.9. The Labute approximate surface area is 118 Å². The summed E-state index contributed by atoms with van der Waals surface area (Å²) in [5, 5.41) is 14.2. The van der Waals surface area contributed by atoms with Gasteiger partial charge in [0.2, 0.25) is 0 Å². The standard InChI is InChI=1S/C16H18N4/c1-3-7-13-11(5-1)9-17-15(19-13)16-18-10-12-6-2-4-8-14(12)20-16/h1-8,15-20H,9-10H2. The van der Waals surface area contributed by atoms with E-state index >= 15 is 0 Å². The van der Waals surface area contributed by atoms with Crippen molar-refractivity contribution >= 4 is 11.4 Å². The van der Waals surface area contributed by atoms with Crippen molar-refractivity contribution in [1.29, 1.82) is 0 Å². The van der Waals surface area contributed by atoms with Gasteiger partial charge in [0.1, 0.15) is 12.3 Å². The van der Waals surface area contributed by atoms with Gasteiger partial charge in [0.15, 0.2) is 0 Å². The second kappa shape index (κ2) is 4.81. The van der Waals surface area contributed by atoms with Crippen molar-refractivity contribution in [1.82, 2.24) is 10.6 Å². The van der Waals surface area contributed by atoms with E-state index in [1.165, 1.54) is 22.5 Å². The maximum atomic E-state index is 3.56. The van der Waals surface area contributed by atoms with Crippen LogP contribution in [-0.4, -0.2) is 12.3 Å². The smallest absolute Gasteiger partial charge is 0.112 e. The molecule has 4 heteroatoms. The lowest BCUT2D eigenvalue weighted by Crippen LogP contribution is -2.58. The molecule has 0 saturated heterocycles. The van der Waals surface area contributed by atoms with Crippen LogP contribution in [0.4, 0.5) is 11.4 Å². The molecule has 4 rings (SSSR count). The molecular formula is C16H18N4. The van der Waals surface area contributed by atoms with Gasteiger partial charge in [0.05, 0.1) is 0 Å². The molecule has 2 aliphatic rings. The Morgan fingerprint density at radius 1 is 0.650 bits per heavy atom. The van der Waals surface area contributed by atoms with E-state index < -0.39 is 0 Å². The van der Waals surface area contributed by atoms with Crippen molar-refractivity contribution < 1.29 is 0 Å². The van der Waals surface area contributed by atoms with Crippen LogP contribution in [0, 0.1) is 0 Å². The molecule has 4 N–H and O–H groups in total. The molecule has 2 aromatic rings. The molecule has 0 amide bonds. The van der Waals surface area contributed by atoms with E-state index in [1.54, 1.807) is 0 Å². The lowest BCUT2D eigenvalue weighted by atomic mass is 10.1. The van der Waals surface area contributed by atoms with E-state index in [1.807, 2.05) is 0 Å². The number of hydrogen-bond donors (Lipinski definition) is 4. The predicted molar refractivity (Wildman–Crippen MR) is 81.4 cm³/mol. The molecule has 20 heavy (non-hydrogen) atoms.